The van der Waals surface area contributed by atoms with Crippen molar-refractivity contribution in [2.45, 2.75) is 23.6 Å². The monoisotopic (exact) mass is 476 g/mol. The molecular weight excluding hydrogens is 462 g/mol. The molecule has 2 atom stereocenters. The second kappa shape index (κ2) is 7.71. The number of hydrogen-bond acceptors (Lipinski definition) is 5. The molecule has 0 N–H and O–H groups in total. The Kier molecular flexibility index (Phi) is 5.88. The molecule has 2 fully saturated rings. The second-order valence-electron chi connectivity index (χ2n) is 6.66. The van der Waals surface area contributed by atoms with Gasteiger partial charge >= 0.3 is 12.4 Å². The molecule has 3 rings (SSSR count). The standard InChI is InChI=1S/C16H14F6N2O4S2/c1-28-5-13(25)23-14-24(11-6-30(26,27)7-12(11)29-14)10-3-8(15(17,18)19)2-9(4-10)16(20,21)22/h2-4,11-12H,5-7H2,1H3. The quantitative estimate of drug-likeness (QED) is 0.625. The highest BCUT2D eigenvalue weighted by Gasteiger charge is 2.50. The number of hydrogen-bond donors (Lipinski definition) is 0. The average Bonchev–Trinajstić information content (AvgIpc) is 3.03. The number of carbonyl (C=O) groups excluding carboxylic acids is 1. The first-order valence-corrected chi connectivity index (χ1v) is 11.0. The van der Waals surface area contributed by atoms with Gasteiger partial charge in [0.25, 0.3) is 5.91 Å². The first-order chi connectivity index (χ1) is 13.7. The summed E-state index contributed by atoms with van der Waals surface area (Å²) in [5.74, 6) is -1.63. The normalized spacial score (nSPS) is 25.0. The Labute approximate surface area is 171 Å². The van der Waals surface area contributed by atoms with Gasteiger partial charge in [-0.3, -0.25) is 4.79 Å². The number of nitrogens with zero attached hydrogens (tertiary/aromatic N) is 2. The average molecular weight is 476 g/mol. The fraction of sp³-hybridized carbons (Fsp3) is 0.500. The molecule has 0 radical (unpaired) electrons. The number of ether oxygens (including phenoxy) is 1. The molecule has 2 unspecified atom stereocenters. The van der Waals surface area contributed by atoms with E-state index in [9.17, 15) is 39.6 Å². The molecule has 30 heavy (non-hydrogen) atoms. The third-order valence-electron chi connectivity index (χ3n) is 4.41. The first kappa shape index (κ1) is 22.9. The zero-order chi connectivity index (χ0) is 22.5. The van der Waals surface area contributed by atoms with E-state index >= 15 is 0 Å². The maximum Gasteiger partial charge on any atom is 0.416 e. The van der Waals surface area contributed by atoms with E-state index in [0.29, 0.717) is 12.1 Å². The third kappa shape index (κ3) is 4.75. The molecular formula is C16H14F6N2O4S2. The lowest BCUT2D eigenvalue weighted by Crippen LogP contribution is -2.38. The molecule has 0 aliphatic carbocycles. The first-order valence-electron chi connectivity index (χ1n) is 8.27. The summed E-state index contributed by atoms with van der Waals surface area (Å²) in [4.78, 5) is 16.5. The van der Waals surface area contributed by atoms with E-state index in [1.54, 1.807) is 0 Å². The van der Waals surface area contributed by atoms with Crippen LogP contribution in [0.4, 0.5) is 32.0 Å². The lowest BCUT2D eigenvalue weighted by molar-refractivity contribution is -0.143. The minimum Gasteiger partial charge on any atom is -0.375 e. The number of methoxy groups -OCH3 is 1. The summed E-state index contributed by atoms with van der Waals surface area (Å²) in [6.45, 7) is -0.456. The van der Waals surface area contributed by atoms with Crippen molar-refractivity contribution in [1.29, 1.82) is 0 Å². The molecule has 1 amide bonds. The van der Waals surface area contributed by atoms with Gasteiger partial charge in [0.15, 0.2) is 15.0 Å². The van der Waals surface area contributed by atoms with Gasteiger partial charge in [0, 0.05) is 18.0 Å². The van der Waals surface area contributed by atoms with Crippen LogP contribution in [-0.4, -0.2) is 56.0 Å². The molecule has 166 valence electrons. The van der Waals surface area contributed by atoms with E-state index in [0.717, 1.165) is 16.7 Å². The number of thioether (sulfide) groups is 1. The predicted molar refractivity (Wildman–Crippen MR) is 97.1 cm³/mol. The van der Waals surface area contributed by atoms with Gasteiger partial charge in [-0.25, -0.2) is 8.42 Å². The number of carbonyl (C=O) groups is 1. The summed E-state index contributed by atoms with van der Waals surface area (Å²) < 4.78 is 108. The van der Waals surface area contributed by atoms with Crippen molar-refractivity contribution in [2.24, 2.45) is 4.99 Å². The van der Waals surface area contributed by atoms with E-state index in [1.165, 1.54) is 7.11 Å². The van der Waals surface area contributed by atoms with E-state index < -0.39 is 68.6 Å². The summed E-state index contributed by atoms with van der Waals surface area (Å²) in [6, 6.07) is -0.0138. The van der Waals surface area contributed by atoms with Crippen LogP contribution < -0.4 is 4.90 Å². The fourth-order valence-electron chi connectivity index (χ4n) is 3.21. The van der Waals surface area contributed by atoms with Crippen LogP contribution in [0, 0.1) is 0 Å². The van der Waals surface area contributed by atoms with Crippen molar-refractivity contribution in [1.82, 2.24) is 0 Å². The van der Waals surface area contributed by atoms with Crippen molar-refractivity contribution in [3.8, 4) is 0 Å². The Balaban J connectivity index is 2.16. The largest absolute Gasteiger partial charge is 0.416 e. The van der Waals surface area contributed by atoms with Crippen molar-refractivity contribution >= 4 is 38.4 Å². The number of sulfone groups is 1. The summed E-state index contributed by atoms with van der Waals surface area (Å²) in [6.07, 6.45) is -10.2. The Morgan fingerprint density at radius 1 is 1.13 bits per heavy atom. The zero-order valence-electron chi connectivity index (χ0n) is 15.1. The Bertz CT molecular complexity index is 958. The number of benzene rings is 1. The third-order valence-corrected chi connectivity index (χ3v) is 7.62. The SMILES string of the molecule is COCC(=O)N=C1SC2CS(=O)(=O)CC2N1c1cc(C(F)(F)F)cc(C(F)(F)F)c1. The summed E-state index contributed by atoms with van der Waals surface area (Å²) in [5.41, 5.74) is -3.65. The minimum absolute atomic E-state index is 0.0253. The van der Waals surface area contributed by atoms with E-state index in [4.69, 9.17) is 0 Å². The van der Waals surface area contributed by atoms with Crippen LogP contribution in [0.25, 0.3) is 0 Å². The van der Waals surface area contributed by atoms with Crippen LogP contribution >= 0.6 is 11.8 Å². The van der Waals surface area contributed by atoms with Gasteiger partial charge < -0.3 is 9.64 Å². The van der Waals surface area contributed by atoms with Gasteiger partial charge in [0.1, 0.15) is 6.61 Å². The topological polar surface area (TPSA) is 76.0 Å². The van der Waals surface area contributed by atoms with Crippen LogP contribution in [0.5, 0.6) is 0 Å². The molecule has 2 aliphatic rings. The van der Waals surface area contributed by atoms with Crippen molar-refractivity contribution in [3.63, 3.8) is 0 Å². The van der Waals surface area contributed by atoms with Crippen LogP contribution in [0.1, 0.15) is 11.1 Å². The number of halogens is 6. The number of anilines is 1. The number of rotatable bonds is 3. The molecule has 0 spiro atoms. The second-order valence-corrected chi connectivity index (χ2v) is 10.0. The van der Waals surface area contributed by atoms with Crippen molar-refractivity contribution < 1.29 is 44.3 Å². The van der Waals surface area contributed by atoms with Gasteiger partial charge in [-0.1, -0.05) is 11.8 Å². The zero-order valence-corrected chi connectivity index (χ0v) is 16.8. The molecule has 0 saturated carbocycles. The van der Waals surface area contributed by atoms with E-state index in [1.807, 2.05) is 0 Å². The van der Waals surface area contributed by atoms with E-state index in [2.05, 4.69) is 9.73 Å². The highest BCUT2D eigenvalue weighted by Crippen LogP contribution is 2.44. The summed E-state index contributed by atoms with van der Waals surface area (Å²) >= 11 is 0.825. The number of aliphatic imine (C=N–C) groups is 1. The molecule has 0 aromatic heterocycles. The Morgan fingerprint density at radius 2 is 1.70 bits per heavy atom. The summed E-state index contributed by atoms with van der Waals surface area (Å²) in [5, 5.41) is -0.859. The molecule has 1 aromatic carbocycles. The van der Waals surface area contributed by atoms with Gasteiger partial charge in [-0.2, -0.15) is 31.3 Å². The van der Waals surface area contributed by atoms with Gasteiger partial charge in [-0.15, -0.1) is 0 Å². The van der Waals surface area contributed by atoms with Gasteiger partial charge in [0.2, 0.25) is 0 Å². The lowest BCUT2D eigenvalue weighted by atomic mass is 10.1. The molecule has 2 aliphatic heterocycles. The molecule has 0 bridgehead atoms. The highest BCUT2D eigenvalue weighted by atomic mass is 32.2. The van der Waals surface area contributed by atoms with Crippen LogP contribution in [0.3, 0.4) is 0 Å². The number of amidine groups is 1. The summed E-state index contributed by atoms with van der Waals surface area (Å²) in [7, 11) is -2.35. The van der Waals surface area contributed by atoms with Crippen LogP contribution in [-0.2, 0) is 31.7 Å². The smallest absolute Gasteiger partial charge is 0.375 e. The molecule has 14 heteroatoms. The molecule has 2 heterocycles. The molecule has 1 aromatic rings. The number of amides is 1. The maximum absolute atomic E-state index is 13.2. The molecule has 2 saturated heterocycles. The predicted octanol–water partition coefficient (Wildman–Crippen LogP) is 2.97. The van der Waals surface area contributed by atoms with Crippen molar-refractivity contribution in [3.05, 3.63) is 29.3 Å². The van der Waals surface area contributed by atoms with Crippen LogP contribution in [0.15, 0.2) is 23.2 Å². The van der Waals surface area contributed by atoms with Gasteiger partial charge in [-0.05, 0) is 18.2 Å². The number of alkyl halides is 6. The number of fused-ring (bicyclic) bond motifs is 1. The Morgan fingerprint density at radius 3 is 2.20 bits per heavy atom. The Hall–Kier alpha value is -1.80. The van der Waals surface area contributed by atoms with E-state index in [-0.39, 0.29) is 17.0 Å². The fourth-order valence-corrected chi connectivity index (χ4v) is 7.14. The van der Waals surface area contributed by atoms with Crippen molar-refractivity contribution in [2.75, 3.05) is 30.1 Å². The highest BCUT2D eigenvalue weighted by molar-refractivity contribution is 8.16. The minimum atomic E-state index is -5.08. The van der Waals surface area contributed by atoms with Gasteiger partial charge in [0.05, 0.1) is 28.7 Å². The molecule has 6 nitrogen and oxygen atoms in total. The maximum atomic E-state index is 13.2. The lowest BCUT2D eigenvalue weighted by Gasteiger charge is -2.26. The van der Waals surface area contributed by atoms with Crippen LogP contribution in [0.2, 0.25) is 0 Å².